The summed E-state index contributed by atoms with van der Waals surface area (Å²) < 4.78 is 24.3. The summed E-state index contributed by atoms with van der Waals surface area (Å²) in [5, 5.41) is 11.3. The predicted octanol–water partition coefficient (Wildman–Crippen LogP) is -1.21. The SMILES string of the molecule is CNS(=O)(=O)CCNC(=O)N1CCCC1C(=O)O. The average Bonchev–Trinajstić information content (AvgIpc) is 2.77. The lowest BCUT2D eigenvalue weighted by Gasteiger charge is -2.21. The number of likely N-dealkylation sites (tertiary alicyclic amines) is 1. The minimum Gasteiger partial charge on any atom is -0.480 e. The second-order valence-electron chi connectivity index (χ2n) is 3.94. The molecule has 0 aromatic heterocycles. The largest absolute Gasteiger partial charge is 0.480 e. The molecule has 8 nitrogen and oxygen atoms in total. The van der Waals surface area contributed by atoms with E-state index < -0.39 is 28.1 Å². The number of aliphatic carboxylic acids is 1. The number of rotatable bonds is 5. The minimum absolute atomic E-state index is 0.0507. The molecule has 1 aliphatic heterocycles. The molecule has 0 aromatic carbocycles. The van der Waals surface area contributed by atoms with Crippen LogP contribution in [0.15, 0.2) is 0 Å². The Morgan fingerprint density at radius 1 is 1.44 bits per heavy atom. The number of carboxylic acids is 1. The van der Waals surface area contributed by atoms with Crippen molar-refractivity contribution >= 4 is 22.0 Å². The molecule has 104 valence electrons. The summed E-state index contributed by atoms with van der Waals surface area (Å²) in [6, 6.07) is -1.35. The average molecular weight is 279 g/mol. The van der Waals surface area contributed by atoms with Gasteiger partial charge in [0.05, 0.1) is 5.75 Å². The molecule has 3 N–H and O–H groups in total. The fourth-order valence-corrected chi connectivity index (χ4v) is 2.34. The first-order valence-corrected chi connectivity index (χ1v) is 7.21. The maximum atomic E-state index is 11.7. The van der Waals surface area contributed by atoms with Crippen LogP contribution < -0.4 is 10.0 Å². The lowest BCUT2D eigenvalue weighted by atomic mass is 10.2. The standard InChI is InChI=1S/C9H17N3O5S/c1-10-18(16,17)6-4-11-9(15)12-5-2-3-7(12)8(13)14/h7,10H,2-6H2,1H3,(H,11,15)(H,13,14). The molecule has 0 bridgehead atoms. The third kappa shape index (κ3) is 3.84. The van der Waals surface area contributed by atoms with Crippen molar-refractivity contribution < 1.29 is 23.1 Å². The summed E-state index contributed by atoms with van der Waals surface area (Å²) in [6.07, 6.45) is 1.07. The Bertz CT molecular complexity index is 422. The highest BCUT2D eigenvalue weighted by Crippen LogP contribution is 2.16. The van der Waals surface area contributed by atoms with E-state index in [1.165, 1.54) is 11.9 Å². The van der Waals surface area contributed by atoms with Gasteiger partial charge < -0.3 is 15.3 Å². The maximum absolute atomic E-state index is 11.7. The highest BCUT2D eigenvalue weighted by Gasteiger charge is 2.33. The summed E-state index contributed by atoms with van der Waals surface area (Å²) >= 11 is 0. The second kappa shape index (κ2) is 6.01. The van der Waals surface area contributed by atoms with Gasteiger partial charge in [0.15, 0.2) is 0 Å². The van der Waals surface area contributed by atoms with Gasteiger partial charge in [-0.2, -0.15) is 0 Å². The van der Waals surface area contributed by atoms with Gasteiger partial charge in [-0.1, -0.05) is 0 Å². The van der Waals surface area contributed by atoms with Gasteiger partial charge in [-0.3, -0.25) is 0 Å². The first kappa shape index (κ1) is 14.7. The van der Waals surface area contributed by atoms with Gasteiger partial charge in [0.25, 0.3) is 0 Å². The molecule has 2 amide bonds. The Labute approximate surface area is 105 Å². The molecule has 1 unspecified atom stereocenters. The van der Waals surface area contributed by atoms with E-state index >= 15 is 0 Å². The summed E-state index contributed by atoms with van der Waals surface area (Å²) in [5.74, 6) is -1.27. The van der Waals surface area contributed by atoms with Gasteiger partial charge in [0.1, 0.15) is 6.04 Å². The molecular weight excluding hydrogens is 262 g/mol. The molecule has 1 fully saturated rings. The van der Waals surface area contributed by atoms with Crippen LogP contribution in [0.1, 0.15) is 12.8 Å². The molecule has 1 aliphatic rings. The van der Waals surface area contributed by atoms with E-state index in [1.807, 2.05) is 0 Å². The number of nitrogens with one attached hydrogen (secondary N) is 2. The van der Waals surface area contributed by atoms with Crippen LogP contribution in [0, 0.1) is 0 Å². The van der Waals surface area contributed by atoms with Crippen molar-refractivity contribution in [3.8, 4) is 0 Å². The number of nitrogens with zero attached hydrogens (tertiary/aromatic N) is 1. The Hall–Kier alpha value is -1.35. The molecule has 1 saturated heterocycles. The van der Waals surface area contributed by atoms with Crippen LogP contribution in [0.5, 0.6) is 0 Å². The minimum atomic E-state index is -3.37. The molecule has 0 aliphatic carbocycles. The first-order valence-electron chi connectivity index (χ1n) is 5.56. The molecular formula is C9H17N3O5S. The van der Waals surface area contributed by atoms with Crippen LogP contribution in [0.25, 0.3) is 0 Å². The van der Waals surface area contributed by atoms with Gasteiger partial charge >= 0.3 is 12.0 Å². The van der Waals surface area contributed by atoms with Gasteiger partial charge in [-0.05, 0) is 19.9 Å². The number of urea groups is 1. The maximum Gasteiger partial charge on any atom is 0.326 e. The number of carbonyl (C=O) groups is 2. The van der Waals surface area contributed by atoms with E-state index in [0.29, 0.717) is 19.4 Å². The summed E-state index contributed by atoms with van der Waals surface area (Å²) in [6.45, 7) is 0.326. The van der Waals surface area contributed by atoms with E-state index in [0.717, 1.165) is 0 Å². The zero-order chi connectivity index (χ0) is 13.8. The molecule has 1 heterocycles. The molecule has 0 saturated carbocycles. The topological polar surface area (TPSA) is 116 Å². The summed E-state index contributed by atoms with van der Waals surface area (Å²) in [7, 11) is -2.08. The number of hydrogen-bond donors (Lipinski definition) is 3. The van der Waals surface area contributed by atoms with Crippen molar-refractivity contribution in [2.75, 3.05) is 25.9 Å². The zero-order valence-electron chi connectivity index (χ0n) is 10.0. The van der Waals surface area contributed by atoms with Crippen molar-refractivity contribution in [1.82, 2.24) is 14.9 Å². The number of carbonyl (C=O) groups excluding carboxylic acids is 1. The molecule has 0 spiro atoms. The zero-order valence-corrected chi connectivity index (χ0v) is 10.9. The molecule has 9 heteroatoms. The van der Waals surface area contributed by atoms with Gasteiger partial charge in [0, 0.05) is 13.1 Å². The van der Waals surface area contributed by atoms with Crippen LogP contribution >= 0.6 is 0 Å². The first-order chi connectivity index (χ1) is 8.37. The van der Waals surface area contributed by atoms with E-state index in [2.05, 4.69) is 10.0 Å². The van der Waals surface area contributed by atoms with Crippen LogP contribution in [0.4, 0.5) is 4.79 Å². The van der Waals surface area contributed by atoms with Gasteiger partial charge in [0.2, 0.25) is 10.0 Å². The second-order valence-corrected chi connectivity index (χ2v) is 5.99. The number of hydrogen-bond acceptors (Lipinski definition) is 4. The van der Waals surface area contributed by atoms with Crippen molar-refractivity contribution in [2.45, 2.75) is 18.9 Å². The van der Waals surface area contributed by atoms with Crippen LogP contribution in [0.3, 0.4) is 0 Å². The van der Waals surface area contributed by atoms with Crippen molar-refractivity contribution in [3.05, 3.63) is 0 Å². The quantitative estimate of drug-likeness (QED) is 0.584. The third-order valence-corrected chi connectivity index (χ3v) is 4.12. The van der Waals surface area contributed by atoms with Crippen LogP contribution in [0.2, 0.25) is 0 Å². The van der Waals surface area contributed by atoms with Crippen LogP contribution in [-0.2, 0) is 14.8 Å². The molecule has 0 radical (unpaired) electrons. The Balaban J connectivity index is 2.44. The summed E-state index contributed by atoms with van der Waals surface area (Å²) in [4.78, 5) is 23.8. The van der Waals surface area contributed by atoms with E-state index in [4.69, 9.17) is 5.11 Å². The predicted molar refractivity (Wildman–Crippen MR) is 63.6 cm³/mol. The summed E-state index contributed by atoms with van der Waals surface area (Å²) in [5.41, 5.74) is 0. The monoisotopic (exact) mass is 279 g/mol. The van der Waals surface area contributed by atoms with E-state index in [1.54, 1.807) is 0 Å². The lowest BCUT2D eigenvalue weighted by molar-refractivity contribution is -0.141. The van der Waals surface area contributed by atoms with Gasteiger partial charge in [-0.25, -0.2) is 22.7 Å². The number of amides is 2. The Kier molecular flexibility index (Phi) is 4.91. The van der Waals surface area contributed by atoms with Crippen molar-refractivity contribution in [2.24, 2.45) is 0 Å². The van der Waals surface area contributed by atoms with E-state index in [-0.39, 0.29) is 12.3 Å². The molecule has 0 aromatic rings. The molecule has 18 heavy (non-hydrogen) atoms. The lowest BCUT2D eigenvalue weighted by Crippen LogP contribution is -2.47. The molecule has 1 atom stereocenters. The molecule has 1 rings (SSSR count). The number of carboxylic acid groups (broad SMARTS) is 1. The highest BCUT2D eigenvalue weighted by atomic mass is 32.2. The van der Waals surface area contributed by atoms with Crippen molar-refractivity contribution in [3.63, 3.8) is 0 Å². The van der Waals surface area contributed by atoms with E-state index in [9.17, 15) is 18.0 Å². The third-order valence-electron chi connectivity index (χ3n) is 2.76. The van der Waals surface area contributed by atoms with Crippen LogP contribution in [-0.4, -0.2) is 62.4 Å². The Morgan fingerprint density at radius 2 is 2.11 bits per heavy atom. The normalized spacial score (nSPS) is 19.8. The fourth-order valence-electron chi connectivity index (χ4n) is 1.76. The fraction of sp³-hybridized carbons (Fsp3) is 0.778. The number of sulfonamides is 1. The van der Waals surface area contributed by atoms with Gasteiger partial charge in [-0.15, -0.1) is 0 Å². The van der Waals surface area contributed by atoms with Crippen molar-refractivity contribution in [1.29, 1.82) is 0 Å². The highest BCUT2D eigenvalue weighted by molar-refractivity contribution is 7.89. The Morgan fingerprint density at radius 3 is 2.67 bits per heavy atom. The smallest absolute Gasteiger partial charge is 0.326 e.